The first-order valence-electron chi connectivity index (χ1n) is 20.4. The number of halogens is 2. The van der Waals surface area contributed by atoms with Gasteiger partial charge in [-0.05, 0) is 0 Å². The molecule has 281 valence electrons. The van der Waals surface area contributed by atoms with Gasteiger partial charge in [-0.1, -0.05) is 0 Å². The average Bonchev–Trinajstić information content (AvgIpc) is 3.89. The average molecular weight is 866 g/mol. The summed E-state index contributed by atoms with van der Waals surface area (Å²) in [5, 5.41) is 2.96. The van der Waals surface area contributed by atoms with E-state index in [2.05, 4.69) is 183 Å². The van der Waals surface area contributed by atoms with Crippen LogP contribution in [0.2, 0.25) is 0 Å². The minimum atomic E-state index is -5.65. The summed E-state index contributed by atoms with van der Waals surface area (Å²) in [4.78, 5) is 0. The fraction of sp³-hybridized carbons (Fsp3) is 0.231. The molecule has 0 spiro atoms. The van der Waals surface area contributed by atoms with E-state index >= 15 is 0 Å². The normalized spacial score (nSPS) is 18.0. The van der Waals surface area contributed by atoms with Gasteiger partial charge in [0.25, 0.3) is 0 Å². The van der Waals surface area contributed by atoms with Gasteiger partial charge < -0.3 is 0 Å². The molecule has 6 aromatic carbocycles. The zero-order valence-electron chi connectivity index (χ0n) is 33.9. The zero-order valence-corrected chi connectivity index (χ0v) is 39.3. The maximum atomic E-state index is 9.35. The molecule has 2 atom stereocenters. The van der Waals surface area contributed by atoms with Gasteiger partial charge in [-0.15, -0.1) is 0 Å². The third kappa shape index (κ3) is 5.53. The number of hydrogen-bond acceptors (Lipinski definition) is 0. The number of aryl methyl sites for hydroxylation is 4. The fourth-order valence-corrected chi connectivity index (χ4v) is 39.1. The number of rotatable bonds is 7. The van der Waals surface area contributed by atoms with Gasteiger partial charge in [0.2, 0.25) is 0 Å². The number of benzene rings is 6. The van der Waals surface area contributed by atoms with Gasteiger partial charge in [-0.25, -0.2) is 0 Å². The van der Waals surface area contributed by atoms with Crippen LogP contribution in [0.4, 0.5) is 0 Å². The van der Waals surface area contributed by atoms with E-state index in [4.69, 9.17) is 0 Å². The molecule has 3 aliphatic rings. The summed E-state index contributed by atoms with van der Waals surface area (Å²) < 4.78 is 1.08. The summed E-state index contributed by atoms with van der Waals surface area (Å²) in [6.45, 7) is 18.4. The second-order valence-corrected chi connectivity index (χ2v) is 39.9. The van der Waals surface area contributed by atoms with Gasteiger partial charge in [0.1, 0.15) is 0 Å². The van der Waals surface area contributed by atoms with Gasteiger partial charge >= 0.3 is 348 Å². The van der Waals surface area contributed by atoms with E-state index in [0.717, 1.165) is 0 Å². The second-order valence-electron chi connectivity index (χ2n) is 17.4. The molecule has 2 aliphatic carbocycles. The molecule has 0 nitrogen and oxygen atoms in total. The van der Waals surface area contributed by atoms with Crippen molar-refractivity contribution in [3.05, 3.63) is 171 Å². The van der Waals surface area contributed by atoms with Gasteiger partial charge in [-0.2, -0.15) is 0 Å². The molecule has 1 aliphatic heterocycles. The molecule has 1 heterocycles. The van der Waals surface area contributed by atoms with Crippen LogP contribution in [0.1, 0.15) is 79.5 Å². The molecule has 0 saturated carbocycles. The van der Waals surface area contributed by atoms with Crippen molar-refractivity contribution in [1.29, 1.82) is 0 Å². The molecule has 2 unspecified atom stereocenters. The Morgan fingerprint density at radius 3 is 1.41 bits per heavy atom. The Balaban J connectivity index is 1.41. The predicted octanol–water partition coefficient (Wildman–Crippen LogP) is 12.6. The van der Waals surface area contributed by atoms with Crippen LogP contribution in [0.25, 0.3) is 45.5 Å². The molecule has 0 bridgehead atoms. The minimum absolute atomic E-state index is 0.108. The van der Waals surface area contributed by atoms with E-state index in [1.54, 1.807) is 0 Å². The topological polar surface area (TPSA) is 0 Å². The van der Waals surface area contributed by atoms with Crippen molar-refractivity contribution in [2.24, 2.45) is 11.8 Å². The Kier molecular flexibility index (Phi) is 9.37. The summed E-state index contributed by atoms with van der Waals surface area (Å²) in [6.07, 6.45) is 5.05. The van der Waals surface area contributed by atoms with E-state index < -0.39 is 25.9 Å². The quantitative estimate of drug-likeness (QED) is 0.140. The van der Waals surface area contributed by atoms with Gasteiger partial charge in [-0.3, -0.25) is 0 Å². The summed E-state index contributed by atoms with van der Waals surface area (Å²) in [5.41, 5.74) is 21.1. The molecule has 0 amide bonds. The molecule has 0 saturated heterocycles. The molecule has 0 radical (unpaired) electrons. The molecular weight excluding hydrogens is 815 g/mol. The van der Waals surface area contributed by atoms with Crippen molar-refractivity contribution in [1.82, 2.24) is 0 Å². The number of hydrogen-bond donors (Lipinski definition) is 0. The third-order valence-electron chi connectivity index (χ3n) is 13.5. The molecule has 4 heteroatoms. The van der Waals surface area contributed by atoms with Crippen LogP contribution >= 0.6 is 17.0 Å². The van der Waals surface area contributed by atoms with Crippen molar-refractivity contribution in [3.8, 4) is 33.4 Å². The predicted molar refractivity (Wildman–Crippen MR) is 245 cm³/mol. The van der Waals surface area contributed by atoms with Crippen LogP contribution in [-0.4, -0.2) is 9.52 Å². The van der Waals surface area contributed by atoms with Crippen molar-refractivity contribution < 1.29 is 16.4 Å². The van der Waals surface area contributed by atoms with Crippen LogP contribution < -0.4 is 13.6 Å². The summed E-state index contributed by atoms with van der Waals surface area (Å²) in [6, 6.07) is 43.2. The van der Waals surface area contributed by atoms with E-state index in [0.29, 0.717) is 0 Å². The van der Waals surface area contributed by atoms with Crippen molar-refractivity contribution in [2.45, 2.75) is 62.6 Å². The Labute approximate surface area is 344 Å². The van der Waals surface area contributed by atoms with Gasteiger partial charge in [0.05, 0.1) is 0 Å². The fourth-order valence-electron chi connectivity index (χ4n) is 10.8. The first-order chi connectivity index (χ1) is 26.8. The molecule has 6 aromatic rings. The SMILES string of the molecule is Cc1ccccc1-c1c(C)ccc2c1C=C(C(C)C)[CH]2[Zr]([Cl])([Cl])([c]1cccc2c1[SiH2]c1ccccc1-2)[CH]1C(C(C)C)=Cc2c1ccc(C)c2-c1ccccc1C. The van der Waals surface area contributed by atoms with Crippen LogP contribution in [0, 0.1) is 39.5 Å². The van der Waals surface area contributed by atoms with Crippen molar-refractivity contribution in [3.63, 3.8) is 0 Å². The summed E-state index contributed by atoms with van der Waals surface area (Å²) >= 11 is -5.65. The Morgan fingerprint density at radius 2 is 0.929 bits per heavy atom. The molecule has 0 N–H and O–H groups in total. The monoisotopic (exact) mass is 863 g/mol. The summed E-state index contributed by atoms with van der Waals surface area (Å²) in [5.74, 6) is 0.503. The number of fused-ring (bicyclic) bond motifs is 5. The van der Waals surface area contributed by atoms with Crippen molar-refractivity contribution in [2.75, 3.05) is 0 Å². The summed E-state index contributed by atoms with van der Waals surface area (Å²) in [7, 11) is 17.8. The van der Waals surface area contributed by atoms with E-state index in [-0.39, 0.29) is 19.1 Å². The first-order valence-corrected chi connectivity index (χ1v) is 32.2. The van der Waals surface area contributed by atoms with E-state index in [1.165, 1.54) is 103 Å². The zero-order chi connectivity index (χ0) is 39.3. The third-order valence-corrected chi connectivity index (χ3v) is 36.1. The molecule has 0 fully saturated rings. The first kappa shape index (κ1) is 38.0. The molecular formula is C52H51Cl2SiZr. The number of allylic oxidation sites excluding steroid dienone is 2. The van der Waals surface area contributed by atoms with Crippen LogP contribution in [-0.2, 0) is 16.4 Å². The van der Waals surface area contributed by atoms with Gasteiger partial charge in [0.15, 0.2) is 0 Å². The standard InChI is InChI=1S/2C20H21.C12H9Si.2ClH.Zr/c2*1-13(2)17-11-16-10-9-15(4)20(19(16)12-17)18-8-6-5-7-14(18)3;1-3-7-11-9(5-1)10-6-2-4-8-12(10)13-11;;;/h2*5-13H,1-4H3;1-7H,13H2;2*1H;/q;;;;;+2/p-2. The second kappa shape index (κ2) is 13.8. The van der Waals surface area contributed by atoms with Crippen molar-refractivity contribution >= 4 is 52.3 Å². The maximum absolute atomic E-state index is 9.35. The van der Waals surface area contributed by atoms with E-state index in [9.17, 15) is 17.0 Å². The Hall–Kier alpha value is -3.52. The van der Waals surface area contributed by atoms with Crippen LogP contribution in [0.3, 0.4) is 0 Å². The Bertz CT molecular complexity index is 2540. The Morgan fingerprint density at radius 1 is 0.482 bits per heavy atom. The van der Waals surface area contributed by atoms with E-state index in [1.807, 2.05) is 0 Å². The van der Waals surface area contributed by atoms with Crippen LogP contribution in [0.5, 0.6) is 0 Å². The molecule has 9 rings (SSSR count). The van der Waals surface area contributed by atoms with Crippen LogP contribution in [0.15, 0.2) is 126 Å². The molecule has 0 aromatic heterocycles. The van der Waals surface area contributed by atoms with Gasteiger partial charge in [0, 0.05) is 0 Å². The molecule has 56 heavy (non-hydrogen) atoms.